The molecule has 0 atom stereocenters. The van der Waals surface area contributed by atoms with Crippen molar-refractivity contribution < 1.29 is 13.2 Å². The predicted molar refractivity (Wildman–Crippen MR) is 121 cm³/mol. The SMILES string of the molecule is N#CCN1CCc2sc(S(=O)(=O)NC(=O)Nc3c4c(cc5c3CC5)CCC4)cc2C1.[NaH]. The van der Waals surface area contributed by atoms with Crippen LogP contribution in [0, 0.1) is 11.3 Å². The van der Waals surface area contributed by atoms with E-state index >= 15 is 0 Å². The number of amides is 2. The van der Waals surface area contributed by atoms with Crippen LogP contribution in [-0.2, 0) is 48.7 Å². The summed E-state index contributed by atoms with van der Waals surface area (Å²) < 4.78 is 28.0. The van der Waals surface area contributed by atoms with Gasteiger partial charge in [0.1, 0.15) is 4.21 Å². The Morgan fingerprint density at radius 2 is 1.87 bits per heavy atom. The summed E-state index contributed by atoms with van der Waals surface area (Å²) in [6.07, 6.45) is 5.65. The number of rotatable bonds is 4. The molecule has 158 valence electrons. The average Bonchev–Trinajstić information content (AvgIpc) is 3.30. The molecule has 0 spiro atoms. The molecule has 3 aliphatic rings. The molecule has 0 saturated carbocycles. The number of carbonyl (C=O) groups excluding carboxylic acids is 1. The first-order valence-electron chi connectivity index (χ1n) is 10.2. The van der Waals surface area contributed by atoms with Gasteiger partial charge in [0, 0.05) is 23.7 Å². The molecule has 1 aliphatic heterocycles. The van der Waals surface area contributed by atoms with Crippen molar-refractivity contribution in [3.63, 3.8) is 0 Å². The van der Waals surface area contributed by atoms with Crippen molar-refractivity contribution in [2.24, 2.45) is 0 Å². The second-order valence-corrected chi connectivity index (χ2v) is 11.1. The summed E-state index contributed by atoms with van der Waals surface area (Å²) in [6.45, 7) is 1.62. The standard InChI is InChI=1S/C21H22N4O3S2.Na.H/c22-7-9-25-8-6-18-15(12-25)11-19(29-18)30(27,28)24-21(26)23-20-16-3-1-2-13(16)10-14-4-5-17(14)20;;/h10-11H,1-6,8-9,12H2,(H2,23,24,26);;. The first kappa shape index (κ1) is 22.8. The van der Waals surface area contributed by atoms with Crippen LogP contribution in [0.5, 0.6) is 0 Å². The van der Waals surface area contributed by atoms with E-state index in [-0.39, 0.29) is 33.8 Å². The molecule has 7 nitrogen and oxygen atoms in total. The van der Waals surface area contributed by atoms with Crippen LogP contribution in [-0.4, -0.2) is 62.0 Å². The molecule has 2 amide bonds. The number of sulfonamides is 1. The first-order chi connectivity index (χ1) is 14.4. The molecule has 1 aromatic carbocycles. The molecule has 0 fully saturated rings. The van der Waals surface area contributed by atoms with Crippen LogP contribution in [0.15, 0.2) is 16.3 Å². The number of fused-ring (bicyclic) bond motifs is 3. The van der Waals surface area contributed by atoms with Gasteiger partial charge in [-0.1, -0.05) is 6.07 Å². The van der Waals surface area contributed by atoms with Crippen molar-refractivity contribution in [1.82, 2.24) is 9.62 Å². The molecule has 0 radical (unpaired) electrons. The van der Waals surface area contributed by atoms with Crippen LogP contribution in [0.3, 0.4) is 0 Å². The topological polar surface area (TPSA) is 102 Å². The number of thiophene rings is 1. The number of benzene rings is 1. The summed E-state index contributed by atoms with van der Waals surface area (Å²) in [5.41, 5.74) is 6.58. The average molecular weight is 467 g/mol. The zero-order valence-corrected chi connectivity index (χ0v) is 18.1. The van der Waals surface area contributed by atoms with Gasteiger partial charge in [-0.05, 0) is 72.4 Å². The first-order valence-corrected chi connectivity index (χ1v) is 12.5. The normalized spacial score (nSPS) is 16.7. The summed E-state index contributed by atoms with van der Waals surface area (Å²) in [5, 5.41) is 11.7. The molecular weight excluding hydrogens is 443 g/mol. The van der Waals surface area contributed by atoms with Gasteiger partial charge in [-0.3, -0.25) is 4.90 Å². The van der Waals surface area contributed by atoms with E-state index in [4.69, 9.17) is 5.26 Å². The Morgan fingerprint density at radius 1 is 1.10 bits per heavy atom. The summed E-state index contributed by atoms with van der Waals surface area (Å²) in [7, 11) is -3.95. The van der Waals surface area contributed by atoms with Gasteiger partial charge in [0.15, 0.2) is 0 Å². The molecule has 31 heavy (non-hydrogen) atoms. The molecule has 1 aromatic heterocycles. The quantitative estimate of drug-likeness (QED) is 0.531. The summed E-state index contributed by atoms with van der Waals surface area (Å²) >= 11 is 1.21. The van der Waals surface area contributed by atoms with Crippen LogP contribution < -0.4 is 10.0 Å². The van der Waals surface area contributed by atoms with Crippen LogP contribution in [0.25, 0.3) is 0 Å². The van der Waals surface area contributed by atoms with E-state index in [1.807, 2.05) is 4.90 Å². The molecule has 2 N–H and O–H groups in total. The number of carbonyl (C=O) groups is 1. The van der Waals surface area contributed by atoms with E-state index in [2.05, 4.69) is 22.2 Å². The third-order valence-corrected chi connectivity index (χ3v) is 9.23. The van der Waals surface area contributed by atoms with E-state index in [1.54, 1.807) is 6.07 Å². The van der Waals surface area contributed by atoms with E-state index in [0.29, 0.717) is 19.5 Å². The second-order valence-electron chi connectivity index (χ2n) is 8.07. The third kappa shape index (κ3) is 4.30. The maximum atomic E-state index is 12.8. The number of urea groups is 1. The zero-order chi connectivity index (χ0) is 20.9. The fourth-order valence-electron chi connectivity index (χ4n) is 4.64. The van der Waals surface area contributed by atoms with Gasteiger partial charge >= 0.3 is 35.6 Å². The number of hydrogen-bond donors (Lipinski definition) is 2. The van der Waals surface area contributed by atoms with Gasteiger partial charge in [-0.2, -0.15) is 5.26 Å². The molecule has 0 saturated heterocycles. The number of nitriles is 1. The van der Waals surface area contributed by atoms with Gasteiger partial charge in [0.2, 0.25) is 0 Å². The molecule has 0 unspecified atom stereocenters. The van der Waals surface area contributed by atoms with E-state index < -0.39 is 16.1 Å². The Bertz CT molecular complexity index is 1200. The van der Waals surface area contributed by atoms with Crippen molar-refractivity contribution in [2.75, 3.05) is 18.4 Å². The van der Waals surface area contributed by atoms with Crippen molar-refractivity contribution >= 4 is 62.6 Å². The van der Waals surface area contributed by atoms with Crippen molar-refractivity contribution in [2.45, 2.75) is 49.3 Å². The van der Waals surface area contributed by atoms with E-state index in [9.17, 15) is 13.2 Å². The number of hydrogen-bond acceptors (Lipinski definition) is 6. The Morgan fingerprint density at radius 3 is 2.61 bits per heavy atom. The summed E-state index contributed by atoms with van der Waals surface area (Å²) in [5.74, 6) is 0. The molecule has 5 rings (SSSR count). The van der Waals surface area contributed by atoms with E-state index in [0.717, 1.165) is 65.9 Å². The maximum absolute atomic E-state index is 12.8. The van der Waals surface area contributed by atoms with Gasteiger partial charge < -0.3 is 5.32 Å². The van der Waals surface area contributed by atoms with Crippen molar-refractivity contribution in [1.29, 1.82) is 5.26 Å². The van der Waals surface area contributed by atoms with E-state index in [1.165, 1.54) is 22.5 Å². The van der Waals surface area contributed by atoms with Gasteiger partial charge in [0.05, 0.1) is 12.6 Å². The number of anilines is 1. The summed E-state index contributed by atoms with van der Waals surface area (Å²) in [6, 6.07) is 5.30. The second kappa shape index (κ2) is 8.85. The minimum absolute atomic E-state index is 0. The molecule has 2 heterocycles. The Balaban J connectivity index is 0.00000231. The van der Waals surface area contributed by atoms with Crippen LogP contribution >= 0.6 is 11.3 Å². The number of nitrogens with one attached hydrogen (secondary N) is 2. The molecule has 0 bridgehead atoms. The van der Waals surface area contributed by atoms with Crippen LogP contribution in [0.2, 0.25) is 0 Å². The summed E-state index contributed by atoms with van der Waals surface area (Å²) in [4.78, 5) is 15.6. The number of nitrogens with zero attached hydrogens (tertiary/aromatic N) is 2. The number of aryl methyl sites for hydroxylation is 2. The minimum atomic E-state index is -3.95. The van der Waals surface area contributed by atoms with Crippen LogP contribution in [0.1, 0.15) is 39.1 Å². The molecule has 10 heteroatoms. The molecule has 2 aromatic rings. The van der Waals surface area contributed by atoms with Crippen molar-refractivity contribution in [3.05, 3.63) is 44.8 Å². The van der Waals surface area contributed by atoms with Crippen molar-refractivity contribution in [3.8, 4) is 6.07 Å². The van der Waals surface area contributed by atoms with Gasteiger partial charge in [0.25, 0.3) is 10.0 Å². The van der Waals surface area contributed by atoms with Gasteiger partial charge in [-0.25, -0.2) is 17.9 Å². The third-order valence-electron chi connectivity index (χ3n) is 6.19. The Kier molecular flexibility index (Phi) is 6.50. The molecular formula is C21H23N4NaO3S2. The fourth-order valence-corrected chi connectivity index (χ4v) is 7.09. The Labute approximate surface area is 208 Å². The zero-order valence-electron chi connectivity index (χ0n) is 16.5. The Hall–Kier alpha value is -1.41. The molecule has 2 aliphatic carbocycles. The predicted octanol–water partition coefficient (Wildman–Crippen LogP) is 2.08. The fraction of sp³-hybridized carbons (Fsp3) is 0.429. The monoisotopic (exact) mass is 466 g/mol. The van der Waals surface area contributed by atoms with Crippen LogP contribution in [0.4, 0.5) is 10.5 Å². The van der Waals surface area contributed by atoms with Gasteiger partial charge in [-0.15, -0.1) is 11.3 Å².